The molecule has 1 N–H and O–H groups in total. The first-order chi connectivity index (χ1) is 14.8. The highest BCUT2D eigenvalue weighted by atomic mass is 79.9. The average Bonchev–Trinajstić information content (AvgIpc) is 3.23. The number of rotatable bonds is 5. The number of piperidine rings is 1. The smallest absolute Gasteiger partial charge is 0.243 e. The highest BCUT2D eigenvalue weighted by molar-refractivity contribution is 9.10. The number of anilines is 1. The lowest BCUT2D eigenvalue weighted by Crippen LogP contribution is -2.41. The first-order valence-electron chi connectivity index (χ1n) is 9.61. The van der Waals surface area contributed by atoms with Crippen LogP contribution in [-0.2, 0) is 14.8 Å². The number of amides is 1. The van der Waals surface area contributed by atoms with Gasteiger partial charge in [0.25, 0.3) is 0 Å². The Bertz CT molecular complexity index is 1170. The topological polar surface area (TPSA) is 79.4 Å². The fourth-order valence-electron chi connectivity index (χ4n) is 3.41. The van der Waals surface area contributed by atoms with E-state index in [2.05, 4.69) is 26.2 Å². The quantitative estimate of drug-likeness (QED) is 0.523. The van der Waals surface area contributed by atoms with E-state index >= 15 is 0 Å². The zero-order chi connectivity index (χ0) is 22.0. The van der Waals surface area contributed by atoms with Gasteiger partial charge in [-0.3, -0.25) is 4.79 Å². The van der Waals surface area contributed by atoms with E-state index in [1.54, 1.807) is 0 Å². The van der Waals surface area contributed by atoms with Crippen LogP contribution in [0.25, 0.3) is 11.3 Å². The predicted molar refractivity (Wildman–Crippen MR) is 122 cm³/mol. The highest BCUT2D eigenvalue weighted by Gasteiger charge is 2.32. The van der Waals surface area contributed by atoms with E-state index in [9.17, 15) is 17.6 Å². The van der Waals surface area contributed by atoms with Crippen LogP contribution in [0, 0.1) is 11.7 Å². The predicted octanol–water partition coefficient (Wildman–Crippen LogP) is 4.75. The summed E-state index contributed by atoms with van der Waals surface area (Å²) in [5, 5.41) is 5.26. The van der Waals surface area contributed by atoms with Crippen molar-refractivity contribution in [2.24, 2.45) is 5.92 Å². The van der Waals surface area contributed by atoms with Crippen molar-refractivity contribution in [1.29, 1.82) is 0 Å². The molecular weight excluding hydrogens is 505 g/mol. The SMILES string of the molecule is O=C(Nc1nc(-c2ccc(Br)cc2)cs1)C1CCN(S(=O)(=O)c2ccc(F)cc2)CC1. The summed E-state index contributed by atoms with van der Waals surface area (Å²) in [6.45, 7) is 0.472. The molecule has 31 heavy (non-hydrogen) atoms. The molecule has 0 unspecified atom stereocenters. The molecule has 6 nitrogen and oxygen atoms in total. The molecule has 1 aliphatic heterocycles. The molecule has 0 bridgehead atoms. The van der Waals surface area contributed by atoms with Crippen LogP contribution in [0.4, 0.5) is 9.52 Å². The first kappa shape index (κ1) is 22.1. The molecule has 4 rings (SSSR count). The van der Waals surface area contributed by atoms with Crippen LogP contribution in [0.2, 0.25) is 0 Å². The molecule has 0 saturated carbocycles. The van der Waals surface area contributed by atoms with Crippen LogP contribution in [-0.4, -0.2) is 36.7 Å². The van der Waals surface area contributed by atoms with E-state index in [4.69, 9.17) is 0 Å². The Morgan fingerprint density at radius 2 is 1.74 bits per heavy atom. The lowest BCUT2D eigenvalue weighted by Gasteiger charge is -2.30. The summed E-state index contributed by atoms with van der Waals surface area (Å²) in [5.41, 5.74) is 1.74. The Kier molecular flexibility index (Phi) is 6.52. The molecule has 1 aliphatic rings. The number of halogens is 2. The summed E-state index contributed by atoms with van der Waals surface area (Å²) in [6, 6.07) is 12.5. The van der Waals surface area contributed by atoms with Crippen LogP contribution >= 0.6 is 27.3 Å². The number of benzene rings is 2. The van der Waals surface area contributed by atoms with Gasteiger partial charge in [-0.05, 0) is 49.2 Å². The number of nitrogens with zero attached hydrogens (tertiary/aromatic N) is 2. The lowest BCUT2D eigenvalue weighted by atomic mass is 9.97. The largest absolute Gasteiger partial charge is 0.302 e. The molecular formula is C21H19BrFN3O3S2. The van der Waals surface area contributed by atoms with Gasteiger partial charge in [0.1, 0.15) is 5.82 Å². The van der Waals surface area contributed by atoms with E-state index in [0.717, 1.165) is 27.9 Å². The molecule has 3 aromatic rings. The van der Waals surface area contributed by atoms with Gasteiger partial charge in [-0.1, -0.05) is 28.1 Å². The van der Waals surface area contributed by atoms with Gasteiger partial charge in [0.15, 0.2) is 5.13 Å². The molecule has 1 aromatic heterocycles. The third-order valence-electron chi connectivity index (χ3n) is 5.15. The lowest BCUT2D eigenvalue weighted by molar-refractivity contribution is -0.120. The van der Waals surface area contributed by atoms with Gasteiger partial charge in [0.2, 0.25) is 15.9 Å². The van der Waals surface area contributed by atoms with Gasteiger partial charge in [0.05, 0.1) is 10.6 Å². The molecule has 2 heterocycles. The van der Waals surface area contributed by atoms with Crippen LogP contribution in [0.1, 0.15) is 12.8 Å². The number of thiazole rings is 1. The van der Waals surface area contributed by atoms with E-state index in [1.165, 1.54) is 27.8 Å². The molecule has 10 heteroatoms. The van der Waals surface area contributed by atoms with Crippen LogP contribution in [0.5, 0.6) is 0 Å². The van der Waals surface area contributed by atoms with E-state index < -0.39 is 15.8 Å². The summed E-state index contributed by atoms with van der Waals surface area (Å²) >= 11 is 4.75. The molecule has 0 radical (unpaired) electrons. The summed E-state index contributed by atoms with van der Waals surface area (Å²) in [6.07, 6.45) is 0.828. The van der Waals surface area contributed by atoms with Crippen LogP contribution < -0.4 is 5.32 Å². The standard InChI is InChI=1S/C21H19BrFN3O3S2/c22-16-3-1-14(2-4-16)19-13-30-21(24-19)25-20(27)15-9-11-26(12-10-15)31(28,29)18-7-5-17(23)6-8-18/h1-8,13,15H,9-12H2,(H,24,25,27). The van der Waals surface area contributed by atoms with Crippen molar-refractivity contribution in [1.82, 2.24) is 9.29 Å². The maximum Gasteiger partial charge on any atom is 0.243 e. The minimum absolute atomic E-state index is 0.0556. The Morgan fingerprint density at radius 1 is 1.10 bits per heavy atom. The number of aromatic nitrogens is 1. The minimum atomic E-state index is -3.70. The van der Waals surface area contributed by atoms with Gasteiger partial charge in [-0.15, -0.1) is 11.3 Å². The number of nitrogens with one attached hydrogen (secondary N) is 1. The van der Waals surface area contributed by atoms with Crippen molar-refractivity contribution in [3.05, 3.63) is 64.2 Å². The van der Waals surface area contributed by atoms with Crippen molar-refractivity contribution < 1.29 is 17.6 Å². The number of carbonyl (C=O) groups excluding carboxylic acids is 1. The van der Waals surface area contributed by atoms with Crippen molar-refractivity contribution in [2.75, 3.05) is 18.4 Å². The Hall–Kier alpha value is -2.14. The minimum Gasteiger partial charge on any atom is -0.302 e. The van der Waals surface area contributed by atoms with E-state index in [-0.39, 0.29) is 29.8 Å². The van der Waals surface area contributed by atoms with Crippen molar-refractivity contribution in [2.45, 2.75) is 17.7 Å². The number of carbonyl (C=O) groups is 1. The van der Waals surface area contributed by atoms with Gasteiger partial charge >= 0.3 is 0 Å². The van der Waals surface area contributed by atoms with Gasteiger partial charge in [-0.25, -0.2) is 17.8 Å². The second kappa shape index (κ2) is 9.15. The molecule has 0 aliphatic carbocycles. The van der Waals surface area contributed by atoms with Gasteiger partial charge in [-0.2, -0.15) is 4.31 Å². The average molecular weight is 524 g/mol. The van der Waals surface area contributed by atoms with Crippen LogP contribution in [0.15, 0.2) is 63.3 Å². The number of sulfonamides is 1. The third kappa shape index (κ3) is 5.03. The zero-order valence-electron chi connectivity index (χ0n) is 16.3. The third-order valence-corrected chi connectivity index (χ3v) is 8.35. The van der Waals surface area contributed by atoms with E-state index in [0.29, 0.717) is 18.0 Å². The summed E-state index contributed by atoms with van der Waals surface area (Å²) < 4.78 is 40.8. The number of hydrogen-bond donors (Lipinski definition) is 1. The fourth-order valence-corrected chi connectivity index (χ4v) is 5.86. The Morgan fingerprint density at radius 3 is 2.39 bits per heavy atom. The monoisotopic (exact) mass is 523 g/mol. The summed E-state index contributed by atoms with van der Waals surface area (Å²) in [5.74, 6) is -0.935. The maximum atomic E-state index is 13.1. The highest BCUT2D eigenvalue weighted by Crippen LogP contribution is 2.28. The second-order valence-corrected chi connectivity index (χ2v) is 10.9. The van der Waals surface area contributed by atoms with E-state index in [1.807, 2.05) is 29.6 Å². The molecule has 0 spiro atoms. The molecule has 2 aromatic carbocycles. The molecule has 1 saturated heterocycles. The fraction of sp³-hybridized carbons (Fsp3) is 0.238. The zero-order valence-corrected chi connectivity index (χ0v) is 19.5. The maximum absolute atomic E-state index is 13.1. The van der Waals surface area contributed by atoms with Gasteiger partial charge < -0.3 is 5.32 Å². The Balaban J connectivity index is 1.35. The molecule has 1 amide bonds. The summed E-state index contributed by atoms with van der Waals surface area (Å²) in [4.78, 5) is 17.2. The van der Waals surface area contributed by atoms with Crippen molar-refractivity contribution in [3.63, 3.8) is 0 Å². The number of hydrogen-bond acceptors (Lipinski definition) is 5. The van der Waals surface area contributed by atoms with Crippen molar-refractivity contribution >= 4 is 48.3 Å². The summed E-state index contributed by atoms with van der Waals surface area (Å²) in [7, 11) is -3.70. The Labute approximate surface area is 192 Å². The second-order valence-electron chi connectivity index (χ2n) is 7.17. The first-order valence-corrected chi connectivity index (χ1v) is 12.7. The van der Waals surface area contributed by atoms with Crippen LogP contribution in [0.3, 0.4) is 0 Å². The van der Waals surface area contributed by atoms with Crippen molar-refractivity contribution in [3.8, 4) is 11.3 Å². The normalized spacial score (nSPS) is 15.7. The molecule has 0 atom stereocenters. The molecule has 162 valence electrons. The molecule has 1 fully saturated rings. The van der Waals surface area contributed by atoms with Gasteiger partial charge in [0, 0.05) is 34.4 Å².